The third-order valence-electron chi connectivity index (χ3n) is 3.94. The molecule has 2 aliphatic heterocycles. The number of carbonyl (C=O) groups excluding carboxylic acids is 2. The number of halogens is 1. The van der Waals surface area contributed by atoms with Gasteiger partial charge in [0.2, 0.25) is 11.8 Å². The number of hydrogen-bond acceptors (Lipinski definition) is 5. The zero-order valence-corrected chi connectivity index (χ0v) is 12.2. The predicted molar refractivity (Wildman–Crippen MR) is 81.3 cm³/mol. The highest BCUT2D eigenvalue weighted by Crippen LogP contribution is 2.24. The molecule has 0 spiro atoms. The zero-order valence-electron chi connectivity index (χ0n) is 12.2. The number of anilines is 2. The minimum Gasteiger partial charge on any atom is -0.379 e. The van der Waals surface area contributed by atoms with Crippen molar-refractivity contribution in [1.29, 1.82) is 0 Å². The molecule has 22 heavy (non-hydrogen) atoms. The van der Waals surface area contributed by atoms with Crippen molar-refractivity contribution in [2.24, 2.45) is 0 Å². The summed E-state index contributed by atoms with van der Waals surface area (Å²) in [5, 5.41) is 8.45. The summed E-state index contributed by atoms with van der Waals surface area (Å²) in [6, 6.07) is 4.67. The van der Waals surface area contributed by atoms with E-state index in [0.717, 1.165) is 31.9 Å². The Bertz CT molecular complexity index is 571. The van der Waals surface area contributed by atoms with E-state index in [1.54, 1.807) is 6.07 Å². The highest BCUT2D eigenvalue weighted by molar-refractivity contribution is 5.98. The van der Waals surface area contributed by atoms with Crippen LogP contribution in [0.1, 0.15) is 12.8 Å². The summed E-state index contributed by atoms with van der Waals surface area (Å²) >= 11 is 0. The van der Waals surface area contributed by atoms with Crippen LogP contribution in [0.5, 0.6) is 0 Å². The third kappa shape index (κ3) is 3.36. The monoisotopic (exact) mass is 306 g/mol. The smallest absolute Gasteiger partial charge is 0.228 e. The maximum Gasteiger partial charge on any atom is 0.228 e. The molecule has 1 aromatic carbocycles. The summed E-state index contributed by atoms with van der Waals surface area (Å²) in [5.74, 6) is -1.02. The second-order valence-corrected chi connectivity index (χ2v) is 5.62. The van der Waals surface area contributed by atoms with E-state index in [-0.39, 0.29) is 36.5 Å². The van der Waals surface area contributed by atoms with Crippen molar-refractivity contribution in [3.05, 3.63) is 24.0 Å². The number of amides is 2. The summed E-state index contributed by atoms with van der Waals surface area (Å²) in [4.78, 5) is 24.8. The molecule has 0 saturated carbocycles. The minimum absolute atomic E-state index is 0.171. The standard InChI is InChI=1S/C15H19FN4O2/c16-12-9-11(20-5-3-17-4-6-20)1-2-13(12)18-10-7-14(21)19-15(22)8-10/h1-2,9-10,17-18H,3-8H2,(H,19,21,22). The number of benzene rings is 1. The molecule has 2 heterocycles. The second kappa shape index (κ2) is 6.31. The average molecular weight is 306 g/mol. The van der Waals surface area contributed by atoms with Crippen LogP contribution in [0.15, 0.2) is 18.2 Å². The van der Waals surface area contributed by atoms with Gasteiger partial charge in [-0.2, -0.15) is 0 Å². The van der Waals surface area contributed by atoms with Crippen LogP contribution in [0, 0.1) is 5.82 Å². The molecule has 0 atom stereocenters. The molecule has 3 N–H and O–H groups in total. The number of carbonyl (C=O) groups is 2. The van der Waals surface area contributed by atoms with E-state index in [0.29, 0.717) is 5.69 Å². The fraction of sp³-hybridized carbons (Fsp3) is 0.467. The Balaban J connectivity index is 1.69. The fourth-order valence-corrected chi connectivity index (χ4v) is 2.84. The summed E-state index contributed by atoms with van der Waals surface area (Å²) in [5.41, 5.74) is 1.17. The number of piperidine rings is 1. The number of hydrogen-bond donors (Lipinski definition) is 3. The first kappa shape index (κ1) is 14.8. The molecule has 1 aromatic rings. The van der Waals surface area contributed by atoms with Crippen molar-refractivity contribution in [3.63, 3.8) is 0 Å². The largest absolute Gasteiger partial charge is 0.379 e. The minimum atomic E-state index is -0.366. The summed E-state index contributed by atoms with van der Waals surface area (Å²) < 4.78 is 14.3. The van der Waals surface area contributed by atoms with Crippen molar-refractivity contribution >= 4 is 23.2 Å². The van der Waals surface area contributed by atoms with Crippen molar-refractivity contribution in [2.75, 3.05) is 36.4 Å². The fourth-order valence-electron chi connectivity index (χ4n) is 2.84. The van der Waals surface area contributed by atoms with Gasteiger partial charge in [-0.05, 0) is 18.2 Å². The van der Waals surface area contributed by atoms with Crippen LogP contribution in [0.2, 0.25) is 0 Å². The lowest BCUT2D eigenvalue weighted by Crippen LogP contribution is -2.44. The van der Waals surface area contributed by atoms with Crippen LogP contribution in [0.4, 0.5) is 15.8 Å². The van der Waals surface area contributed by atoms with Gasteiger partial charge in [0.15, 0.2) is 0 Å². The van der Waals surface area contributed by atoms with Crippen LogP contribution in [0.25, 0.3) is 0 Å². The molecule has 2 fully saturated rings. The molecular weight excluding hydrogens is 287 g/mol. The van der Waals surface area contributed by atoms with E-state index in [1.807, 2.05) is 6.07 Å². The SMILES string of the molecule is O=C1CC(Nc2ccc(N3CCNCC3)cc2F)CC(=O)N1. The van der Waals surface area contributed by atoms with Gasteiger partial charge in [-0.1, -0.05) is 0 Å². The Morgan fingerprint density at radius 1 is 1.14 bits per heavy atom. The molecule has 0 aromatic heterocycles. The van der Waals surface area contributed by atoms with Crippen molar-refractivity contribution in [1.82, 2.24) is 10.6 Å². The van der Waals surface area contributed by atoms with Gasteiger partial charge < -0.3 is 15.5 Å². The second-order valence-electron chi connectivity index (χ2n) is 5.62. The Labute approximate surface area is 128 Å². The van der Waals surface area contributed by atoms with Crippen LogP contribution in [0.3, 0.4) is 0 Å². The van der Waals surface area contributed by atoms with Gasteiger partial charge in [-0.15, -0.1) is 0 Å². The first-order chi connectivity index (χ1) is 10.6. The number of imide groups is 1. The molecule has 0 aliphatic carbocycles. The normalized spacial score (nSPS) is 20.0. The molecule has 118 valence electrons. The van der Waals surface area contributed by atoms with Crippen molar-refractivity contribution in [2.45, 2.75) is 18.9 Å². The van der Waals surface area contributed by atoms with Gasteiger partial charge in [0.25, 0.3) is 0 Å². The van der Waals surface area contributed by atoms with Crippen LogP contribution < -0.4 is 20.9 Å². The Morgan fingerprint density at radius 3 is 2.45 bits per heavy atom. The lowest BCUT2D eigenvalue weighted by molar-refractivity contribution is -0.133. The molecule has 0 bridgehead atoms. The Kier molecular flexibility index (Phi) is 4.24. The maximum absolute atomic E-state index is 14.3. The predicted octanol–water partition coefficient (Wildman–Crippen LogP) is 0.452. The van der Waals surface area contributed by atoms with Gasteiger partial charge >= 0.3 is 0 Å². The first-order valence-electron chi connectivity index (χ1n) is 7.46. The third-order valence-corrected chi connectivity index (χ3v) is 3.94. The number of piperazine rings is 1. The summed E-state index contributed by atoms with van der Waals surface area (Å²) in [6.45, 7) is 3.48. The van der Waals surface area contributed by atoms with Crippen molar-refractivity contribution in [3.8, 4) is 0 Å². The molecular formula is C15H19FN4O2. The molecule has 3 rings (SSSR count). The van der Waals surface area contributed by atoms with Crippen LogP contribution in [-0.4, -0.2) is 44.0 Å². The van der Waals surface area contributed by atoms with Crippen LogP contribution >= 0.6 is 0 Å². The van der Waals surface area contributed by atoms with Gasteiger partial charge in [-0.3, -0.25) is 14.9 Å². The van der Waals surface area contributed by atoms with Gasteiger partial charge in [0.05, 0.1) is 5.69 Å². The van der Waals surface area contributed by atoms with E-state index in [9.17, 15) is 14.0 Å². The molecule has 0 radical (unpaired) electrons. The first-order valence-corrected chi connectivity index (χ1v) is 7.46. The van der Waals surface area contributed by atoms with E-state index in [1.165, 1.54) is 6.07 Å². The summed E-state index contributed by atoms with van der Waals surface area (Å²) in [6.07, 6.45) is 0.343. The molecule has 7 heteroatoms. The maximum atomic E-state index is 14.3. The number of nitrogens with one attached hydrogen (secondary N) is 3. The van der Waals surface area contributed by atoms with Crippen LogP contribution in [-0.2, 0) is 9.59 Å². The van der Waals surface area contributed by atoms with E-state index < -0.39 is 0 Å². The quantitative estimate of drug-likeness (QED) is 0.707. The Morgan fingerprint density at radius 2 is 1.82 bits per heavy atom. The highest BCUT2D eigenvalue weighted by atomic mass is 19.1. The lowest BCUT2D eigenvalue weighted by Gasteiger charge is -2.30. The van der Waals surface area contributed by atoms with Gasteiger partial charge in [0.1, 0.15) is 5.82 Å². The highest BCUT2D eigenvalue weighted by Gasteiger charge is 2.25. The average Bonchev–Trinajstić information content (AvgIpc) is 2.49. The Hall–Kier alpha value is -2.15. The number of rotatable bonds is 3. The topological polar surface area (TPSA) is 73.5 Å². The number of nitrogens with zero attached hydrogens (tertiary/aromatic N) is 1. The lowest BCUT2D eigenvalue weighted by atomic mass is 10.0. The molecule has 0 unspecified atom stereocenters. The molecule has 2 aliphatic rings. The zero-order chi connectivity index (χ0) is 15.5. The van der Waals surface area contributed by atoms with Crippen molar-refractivity contribution < 1.29 is 14.0 Å². The molecule has 2 amide bonds. The van der Waals surface area contributed by atoms with Gasteiger partial charge in [0, 0.05) is 50.7 Å². The molecule has 6 nitrogen and oxygen atoms in total. The molecule has 2 saturated heterocycles. The summed E-state index contributed by atoms with van der Waals surface area (Å²) in [7, 11) is 0. The van der Waals surface area contributed by atoms with Gasteiger partial charge in [-0.25, -0.2) is 4.39 Å². The van der Waals surface area contributed by atoms with E-state index in [4.69, 9.17) is 0 Å². The van der Waals surface area contributed by atoms with E-state index >= 15 is 0 Å². The van der Waals surface area contributed by atoms with E-state index in [2.05, 4.69) is 20.9 Å².